The minimum Gasteiger partial charge on any atom is -0.505 e. The summed E-state index contributed by atoms with van der Waals surface area (Å²) in [6.45, 7) is 4.90. The first-order valence-electron chi connectivity index (χ1n) is 11.5. The number of hydrogen-bond donors (Lipinski definition) is 5. The number of hydrogen-bond acceptors (Lipinski definition) is 7. The van der Waals surface area contributed by atoms with Crippen LogP contribution in [0.2, 0.25) is 0 Å². The summed E-state index contributed by atoms with van der Waals surface area (Å²) < 4.78 is 0. The smallest absolute Gasteiger partial charge is 0.251 e. The molecular formula is C26H32N6O2. The van der Waals surface area contributed by atoms with E-state index in [-0.39, 0.29) is 34.5 Å². The van der Waals surface area contributed by atoms with Crippen molar-refractivity contribution in [1.82, 2.24) is 20.3 Å². The Kier molecular flexibility index (Phi) is 8.32. The molecule has 0 aliphatic carbocycles. The highest BCUT2D eigenvalue weighted by Crippen LogP contribution is 2.26. The van der Waals surface area contributed by atoms with Crippen molar-refractivity contribution < 1.29 is 5.11 Å². The van der Waals surface area contributed by atoms with E-state index in [1.54, 1.807) is 6.20 Å². The summed E-state index contributed by atoms with van der Waals surface area (Å²) in [7, 11) is 1.87. The second-order valence-electron chi connectivity index (χ2n) is 8.23. The molecule has 3 rings (SSSR count). The number of aromatic nitrogens is 3. The molecule has 0 aliphatic rings. The Hall–Kier alpha value is -3.78. The van der Waals surface area contributed by atoms with Crippen LogP contribution >= 0.6 is 0 Å². The Balaban J connectivity index is 1.93. The molecule has 0 saturated heterocycles. The van der Waals surface area contributed by atoms with Crippen LogP contribution in [-0.4, -0.2) is 32.8 Å². The van der Waals surface area contributed by atoms with Crippen LogP contribution in [0.3, 0.4) is 0 Å². The topological polar surface area (TPSA) is 141 Å². The molecule has 0 bridgehead atoms. The van der Waals surface area contributed by atoms with Crippen molar-refractivity contribution in [2.45, 2.75) is 45.6 Å². The molecule has 6 N–H and O–H groups in total. The molecule has 0 aliphatic heterocycles. The fraction of sp³-hybridized carbons (Fsp3) is 0.308. The van der Waals surface area contributed by atoms with Gasteiger partial charge in [-0.1, -0.05) is 44.5 Å². The van der Waals surface area contributed by atoms with Crippen LogP contribution in [0.1, 0.15) is 61.4 Å². The average molecular weight is 461 g/mol. The minimum absolute atomic E-state index is 0.0525. The van der Waals surface area contributed by atoms with Gasteiger partial charge in [0.25, 0.3) is 5.56 Å². The van der Waals surface area contributed by atoms with Crippen molar-refractivity contribution >= 4 is 17.3 Å². The predicted octanol–water partition coefficient (Wildman–Crippen LogP) is 4.39. The summed E-state index contributed by atoms with van der Waals surface area (Å²) in [5.41, 5.74) is 9.70. The molecule has 2 aromatic heterocycles. The lowest BCUT2D eigenvalue weighted by Crippen LogP contribution is -2.16. The molecule has 178 valence electrons. The van der Waals surface area contributed by atoms with E-state index >= 15 is 0 Å². The monoisotopic (exact) mass is 460 g/mol. The van der Waals surface area contributed by atoms with Gasteiger partial charge in [-0.05, 0) is 43.0 Å². The van der Waals surface area contributed by atoms with Crippen LogP contribution in [0, 0.1) is 5.41 Å². The normalized spacial score (nSPS) is 12.5. The first-order chi connectivity index (χ1) is 16.4. The van der Waals surface area contributed by atoms with Gasteiger partial charge in [-0.2, -0.15) is 0 Å². The molecule has 34 heavy (non-hydrogen) atoms. The summed E-state index contributed by atoms with van der Waals surface area (Å²) in [5, 5.41) is 22.1. The lowest BCUT2D eigenvalue weighted by Gasteiger charge is -2.14. The number of aliphatic hydroxyl groups is 1. The lowest BCUT2D eigenvalue weighted by molar-refractivity contribution is 0.509. The van der Waals surface area contributed by atoms with Crippen LogP contribution in [0.5, 0.6) is 0 Å². The van der Waals surface area contributed by atoms with Gasteiger partial charge in [0.15, 0.2) is 5.82 Å². The van der Waals surface area contributed by atoms with Gasteiger partial charge in [-0.15, -0.1) is 0 Å². The van der Waals surface area contributed by atoms with Gasteiger partial charge < -0.3 is 26.6 Å². The number of nitrogens with zero attached hydrogens (tertiary/aromatic N) is 2. The summed E-state index contributed by atoms with van der Waals surface area (Å²) in [4.78, 5) is 23.9. The highest BCUT2D eigenvalue weighted by atomic mass is 16.3. The maximum absolute atomic E-state index is 12.4. The average Bonchev–Trinajstić information content (AvgIpc) is 2.84. The molecule has 3 aromatic rings. The standard InChI is InChI=1S/C26H32N6O2/c1-4-6-17(5-2)20-11-19(14-31-26(20)34)22-15-30-25(28)24(32-22)23(33)12-21(27)18-9-7-16(8-10-18)13-29-3/h7-12,14-15,17,27,29,33H,4-6,13H2,1-3H3,(H2,28,30)(H,31,34)/b23-12-,27-21?. The number of nitrogens with two attached hydrogens (primary N) is 1. The molecule has 0 amide bonds. The molecule has 1 aromatic carbocycles. The number of aliphatic hydroxyl groups excluding tert-OH is 1. The third-order valence-corrected chi connectivity index (χ3v) is 5.77. The molecule has 0 saturated carbocycles. The number of allylic oxidation sites excluding steroid dienone is 1. The van der Waals surface area contributed by atoms with Crippen molar-refractivity contribution in [2.24, 2.45) is 0 Å². The Morgan fingerprint density at radius 3 is 2.68 bits per heavy atom. The molecule has 1 unspecified atom stereocenters. The molecule has 8 heteroatoms. The zero-order chi connectivity index (χ0) is 24.7. The molecular weight excluding hydrogens is 428 g/mol. The highest BCUT2D eigenvalue weighted by Gasteiger charge is 2.16. The first-order valence-corrected chi connectivity index (χ1v) is 11.5. The van der Waals surface area contributed by atoms with Crippen LogP contribution in [0.4, 0.5) is 5.82 Å². The van der Waals surface area contributed by atoms with E-state index in [9.17, 15) is 9.90 Å². The molecule has 0 spiro atoms. The lowest BCUT2D eigenvalue weighted by atomic mass is 9.92. The summed E-state index contributed by atoms with van der Waals surface area (Å²) in [5.74, 6) is -0.0434. The van der Waals surface area contributed by atoms with E-state index in [0.29, 0.717) is 22.4 Å². The Bertz CT molecular complexity index is 1230. The van der Waals surface area contributed by atoms with Crippen molar-refractivity contribution in [3.05, 3.63) is 81.5 Å². The van der Waals surface area contributed by atoms with Gasteiger partial charge >= 0.3 is 0 Å². The van der Waals surface area contributed by atoms with Crippen LogP contribution < -0.4 is 16.6 Å². The predicted molar refractivity (Wildman–Crippen MR) is 137 cm³/mol. The first kappa shape index (κ1) is 24.9. The van der Waals surface area contributed by atoms with E-state index in [2.05, 4.69) is 34.1 Å². The van der Waals surface area contributed by atoms with E-state index < -0.39 is 0 Å². The van der Waals surface area contributed by atoms with Gasteiger partial charge in [0.1, 0.15) is 11.5 Å². The van der Waals surface area contributed by atoms with Gasteiger partial charge in [-0.3, -0.25) is 4.79 Å². The number of anilines is 1. The number of rotatable bonds is 10. The number of H-pyrrole nitrogens is 1. The van der Waals surface area contributed by atoms with Crippen LogP contribution in [-0.2, 0) is 6.54 Å². The quantitative estimate of drug-likeness (QED) is 0.224. The number of benzene rings is 1. The van der Waals surface area contributed by atoms with Gasteiger partial charge in [0.05, 0.1) is 17.6 Å². The van der Waals surface area contributed by atoms with Crippen molar-refractivity contribution in [1.29, 1.82) is 5.41 Å². The minimum atomic E-state index is -0.252. The van der Waals surface area contributed by atoms with E-state index in [0.717, 1.165) is 31.4 Å². The number of nitrogen functional groups attached to an aromatic ring is 1. The van der Waals surface area contributed by atoms with E-state index in [1.165, 1.54) is 12.3 Å². The molecule has 2 heterocycles. The Morgan fingerprint density at radius 2 is 2.03 bits per heavy atom. The van der Waals surface area contributed by atoms with Crippen LogP contribution in [0.15, 0.2) is 53.6 Å². The molecule has 0 fully saturated rings. The van der Waals surface area contributed by atoms with Crippen molar-refractivity contribution in [2.75, 3.05) is 12.8 Å². The fourth-order valence-corrected chi connectivity index (χ4v) is 3.90. The zero-order valence-corrected chi connectivity index (χ0v) is 19.9. The highest BCUT2D eigenvalue weighted by molar-refractivity contribution is 6.09. The summed E-state index contributed by atoms with van der Waals surface area (Å²) in [6.07, 6.45) is 7.17. The SMILES string of the molecule is CCCC(CC)c1cc(-c2cnc(N)c(/C(O)=C/C(=N)c3ccc(CNC)cc3)n2)c[nH]c1=O. The molecule has 1 atom stereocenters. The number of nitrogens with one attached hydrogen (secondary N) is 3. The third-order valence-electron chi connectivity index (χ3n) is 5.77. The maximum atomic E-state index is 12.4. The van der Waals surface area contributed by atoms with Gasteiger partial charge in [0, 0.05) is 29.9 Å². The second kappa shape index (κ2) is 11.4. The summed E-state index contributed by atoms with van der Waals surface area (Å²) in [6, 6.07) is 9.34. The summed E-state index contributed by atoms with van der Waals surface area (Å²) >= 11 is 0. The van der Waals surface area contributed by atoms with Crippen molar-refractivity contribution in [3.63, 3.8) is 0 Å². The third kappa shape index (κ3) is 5.77. The Labute approximate surface area is 199 Å². The van der Waals surface area contributed by atoms with E-state index in [4.69, 9.17) is 11.1 Å². The van der Waals surface area contributed by atoms with Crippen LogP contribution in [0.25, 0.3) is 17.0 Å². The second-order valence-corrected chi connectivity index (χ2v) is 8.23. The maximum Gasteiger partial charge on any atom is 0.251 e. The zero-order valence-electron chi connectivity index (χ0n) is 19.9. The van der Waals surface area contributed by atoms with Crippen molar-refractivity contribution in [3.8, 4) is 11.3 Å². The molecule has 0 radical (unpaired) electrons. The Morgan fingerprint density at radius 1 is 1.29 bits per heavy atom. The number of pyridine rings is 1. The number of aromatic amines is 1. The van der Waals surface area contributed by atoms with E-state index in [1.807, 2.05) is 37.4 Å². The molecule has 8 nitrogen and oxygen atoms in total. The largest absolute Gasteiger partial charge is 0.505 e. The van der Waals surface area contributed by atoms with Gasteiger partial charge in [-0.25, -0.2) is 9.97 Å². The van der Waals surface area contributed by atoms with Gasteiger partial charge in [0.2, 0.25) is 0 Å². The fourth-order valence-electron chi connectivity index (χ4n) is 3.90.